The van der Waals surface area contributed by atoms with Gasteiger partial charge in [-0.25, -0.2) is 0 Å². The molecule has 0 atom stereocenters. The number of nitrogens with two attached hydrogens (primary N) is 1. The first-order valence-electron chi connectivity index (χ1n) is 6.12. The molecule has 19 heavy (non-hydrogen) atoms. The van der Waals surface area contributed by atoms with Crippen LogP contribution in [0.4, 0.5) is 11.4 Å². The molecule has 1 saturated carbocycles. The lowest BCUT2D eigenvalue weighted by Gasteiger charge is -2.23. The highest BCUT2D eigenvalue weighted by Crippen LogP contribution is 2.34. The minimum atomic E-state index is -0.634. The summed E-state index contributed by atoms with van der Waals surface area (Å²) in [5, 5.41) is 21.7. The summed E-state index contributed by atoms with van der Waals surface area (Å²) in [5.41, 5.74) is 5.77. The van der Waals surface area contributed by atoms with E-state index >= 15 is 0 Å². The number of hydrogen-bond acceptors (Lipinski definition) is 5. The van der Waals surface area contributed by atoms with Crippen LogP contribution < -0.4 is 5.73 Å². The molecule has 0 amide bonds. The number of nitro groups is 2. The van der Waals surface area contributed by atoms with E-state index in [1.165, 1.54) is 12.1 Å². The maximum Gasteiger partial charge on any atom is 0.279 e. The van der Waals surface area contributed by atoms with Gasteiger partial charge in [0.1, 0.15) is 0 Å². The number of nitro benzene ring substituents is 2. The second-order valence-electron chi connectivity index (χ2n) is 5.07. The molecular formula is C12H15N3O4. The standard InChI is InChI=1S/C12H15N3O4/c13-12(5-1-2-6-12)8-9-3-4-10(14(16)17)7-11(9)15(18)19/h3-4,7H,1-2,5-6,8,13H2. The summed E-state index contributed by atoms with van der Waals surface area (Å²) < 4.78 is 0. The SMILES string of the molecule is NC1(Cc2ccc([N+](=O)[O-])cc2[N+](=O)[O-])CCCC1. The van der Waals surface area contributed by atoms with Crippen LogP contribution in [0.3, 0.4) is 0 Å². The van der Waals surface area contributed by atoms with Crippen molar-refractivity contribution in [1.29, 1.82) is 0 Å². The summed E-state index contributed by atoms with van der Waals surface area (Å²) in [4.78, 5) is 20.5. The average molecular weight is 265 g/mol. The number of rotatable bonds is 4. The van der Waals surface area contributed by atoms with Crippen LogP contribution in [0.1, 0.15) is 31.2 Å². The first-order valence-corrected chi connectivity index (χ1v) is 6.12. The Morgan fingerprint density at radius 2 is 1.79 bits per heavy atom. The Kier molecular flexibility index (Phi) is 3.48. The largest absolute Gasteiger partial charge is 0.325 e. The molecule has 1 aliphatic carbocycles. The van der Waals surface area contributed by atoms with Gasteiger partial charge in [0.25, 0.3) is 11.4 Å². The Balaban J connectivity index is 2.34. The van der Waals surface area contributed by atoms with E-state index in [0.29, 0.717) is 12.0 Å². The third kappa shape index (κ3) is 2.87. The number of nitrogens with zero attached hydrogens (tertiary/aromatic N) is 2. The quantitative estimate of drug-likeness (QED) is 0.663. The van der Waals surface area contributed by atoms with Crippen LogP contribution >= 0.6 is 0 Å². The zero-order chi connectivity index (χ0) is 14.0. The second-order valence-corrected chi connectivity index (χ2v) is 5.07. The molecule has 0 radical (unpaired) electrons. The van der Waals surface area contributed by atoms with Gasteiger partial charge in [0.05, 0.1) is 15.9 Å². The van der Waals surface area contributed by atoms with E-state index in [1.54, 1.807) is 0 Å². The fraction of sp³-hybridized carbons (Fsp3) is 0.500. The van der Waals surface area contributed by atoms with Crippen LogP contribution in [-0.2, 0) is 6.42 Å². The molecule has 1 aromatic rings. The summed E-state index contributed by atoms with van der Waals surface area (Å²) in [7, 11) is 0. The van der Waals surface area contributed by atoms with Crippen LogP contribution in [0, 0.1) is 20.2 Å². The predicted octanol–water partition coefficient (Wildman–Crippen LogP) is 2.32. The summed E-state index contributed by atoms with van der Waals surface area (Å²) in [5.74, 6) is 0. The zero-order valence-electron chi connectivity index (χ0n) is 10.4. The molecule has 0 spiro atoms. The van der Waals surface area contributed by atoms with Crippen LogP contribution in [0.5, 0.6) is 0 Å². The molecule has 0 aromatic heterocycles. The van der Waals surface area contributed by atoms with E-state index in [9.17, 15) is 20.2 Å². The van der Waals surface area contributed by atoms with Gasteiger partial charge in [-0.3, -0.25) is 20.2 Å². The summed E-state index contributed by atoms with van der Waals surface area (Å²) in [6, 6.07) is 3.75. The molecule has 0 saturated heterocycles. The van der Waals surface area contributed by atoms with Crippen LogP contribution in [0.2, 0.25) is 0 Å². The fourth-order valence-corrected chi connectivity index (χ4v) is 2.62. The highest BCUT2D eigenvalue weighted by Gasteiger charge is 2.32. The Hall–Kier alpha value is -2.02. The van der Waals surface area contributed by atoms with Gasteiger partial charge in [0.2, 0.25) is 0 Å². The van der Waals surface area contributed by atoms with E-state index in [1.807, 2.05) is 0 Å². The topological polar surface area (TPSA) is 112 Å². The molecule has 102 valence electrons. The van der Waals surface area contributed by atoms with Gasteiger partial charge < -0.3 is 5.73 Å². The first kappa shape index (κ1) is 13.4. The Labute approximate surface area is 109 Å². The van der Waals surface area contributed by atoms with Crippen molar-refractivity contribution in [3.05, 3.63) is 44.0 Å². The molecule has 1 fully saturated rings. The van der Waals surface area contributed by atoms with Gasteiger partial charge in [0, 0.05) is 17.2 Å². The first-order chi connectivity index (χ1) is 8.91. The number of hydrogen-bond donors (Lipinski definition) is 1. The fourth-order valence-electron chi connectivity index (χ4n) is 2.62. The van der Waals surface area contributed by atoms with Gasteiger partial charge in [-0.2, -0.15) is 0 Å². The normalized spacial score (nSPS) is 17.3. The van der Waals surface area contributed by atoms with Gasteiger partial charge in [-0.05, 0) is 25.3 Å². The molecule has 2 rings (SSSR count). The van der Waals surface area contributed by atoms with Gasteiger partial charge >= 0.3 is 0 Å². The van der Waals surface area contributed by atoms with Gasteiger partial charge in [-0.1, -0.05) is 12.8 Å². The highest BCUT2D eigenvalue weighted by molar-refractivity contribution is 5.49. The molecule has 7 nitrogen and oxygen atoms in total. The Morgan fingerprint density at radius 3 is 2.32 bits per heavy atom. The third-order valence-electron chi connectivity index (χ3n) is 3.62. The second kappa shape index (κ2) is 4.93. The maximum absolute atomic E-state index is 11.0. The molecule has 1 aromatic carbocycles. The van der Waals surface area contributed by atoms with Crippen molar-refractivity contribution in [3.63, 3.8) is 0 Å². The van der Waals surface area contributed by atoms with Crippen molar-refractivity contribution in [2.24, 2.45) is 5.73 Å². The van der Waals surface area contributed by atoms with Crippen molar-refractivity contribution in [2.75, 3.05) is 0 Å². The zero-order valence-corrected chi connectivity index (χ0v) is 10.4. The van der Waals surface area contributed by atoms with Crippen LogP contribution in [0.25, 0.3) is 0 Å². The molecular weight excluding hydrogens is 250 g/mol. The highest BCUT2D eigenvalue weighted by atomic mass is 16.6. The molecule has 0 heterocycles. The summed E-state index contributed by atoms with van der Waals surface area (Å²) >= 11 is 0. The van der Waals surface area contributed by atoms with E-state index in [2.05, 4.69) is 0 Å². The lowest BCUT2D eigenvalue weighted by molar-refractivity contribution is -0.394. The van der Waals surface area contributed by atoms with E-state index < -0.39 is 15.4 Å². The minimum absolute atomic E-state index is 0.217. The lowest BCUT2D eigenvalue weighted by Crippen LogP contribution is -2.38. The van der Waals surface area contributed by atoms with Crippen molar-refractivity contribution in [1.82, 2.24) is 0 Å². The Bertz CT molecular complexity index is 524. The van der Waals surface area contributed by atoms with Gasteiger partial charge in [0.15, 0.2) is 0 Å². The van der Waals surface area contributed by atoms with E-state index in [-0.39, 0.29) is 11.4 Å². The third-order valence-corrected chi connectivity index (χ3v) is 3.62. The van der Waals surface area contributed by atoms with Crippen LogP contribution in [-0.4, -0.2) is 15.4 Å². The summed E-state index contributed by atoms with van der Waals surface area (Å²) in [6.07, 6.45) is 4.11. The van der Waals surface area contributed by atoms with E-state index in [0.717, 1.165) is 31.7 Å². The summed E-state index contributed by atoms with van der Waals surface area (Å²) in [6.45, 7) is 0. The monoisotopic (exact) mass is 265 g/mol. The van der Waals surface area contributed by atoms with Crippen molar-refractivity contribution in [3.8, 4) is 0 Å². The predicted molar refractivity (Wildman–Crippen MR) is 68.8 cm³/mol. The number of benzene rings is 1. The minimum Gasteiger partial charge on any atom is -0.325 e. The molecule has 0 bridgehead atoms. The van der Waals surface area contributed by atoms with Crippen molar-refractivity contribution in [2.45, 2.75) is 37.6 Å². The number of non-ortho nitro benzene ring substituents is 1. The molecule has 2 N–H and O–H groups in total. The molecule has 0 aliphatic heterocycles. The molecule has 1 aliphatic rings. The van der Waals surface area contributed by atoms with E-state index in [4.69, 9.17) is 5.73 Å². The Morgan fingerprint density at radius 1 is 1.16 bits per heavy atom. The van der Waals surface area contributed by atoms with Gasteiger partial charge in [-0.15, -0.1) is 0 Å². The van der Waals surface area contributed by atoms with Crippen molar-refractivity contribution >= 4 is 11.4 Å². The molecule has 7 heteroatoms. The smallest absolute Gasteiger partial charge is 0.279 e. The lowest BCUT2D eigenvalue weighted by atomic mass is 9.89. The molecule has 0 unspecified atom stereocenters. The average Bonchev–Trinajstić information content (AvgIpc) is 2.75. The maximum atomic E-state index is 11.0. The van der Waals surface area contributed by atoms with Crippen LogP contribution in [0.15, 0.2) is 18.2 Å². The van der Waals surface area contributed by atoms with Crippen molar-refractivity contribution < 1.29 is 9.85 Å².